The van der Waals surface area contributed by atoms with Crippen LogP contribution in [0.1, 0.15) is 22.0 Å². The Kier molecular flexibility index (Phi) is 3.32. The van der Waals surface area contributed by atoms with E-state index < -0.39 is 17.5 Å². The van der Waals surface area contributed by atoms with Crippen molar-refractivity contribution in [2.24, 2.45) is 5.92 Å². The first-order valence-electron chi connectivity index (χ1n) is 6.70. The van der Waals surface area contributed by atoms with Crippen LogP contribution in [0.3, 0.4) is 0 Å². The second-order valence-electron chi connectivity index (χ2n) is 5.19. The van der Waals surface area contributed by atoms with E-state index in [9.17, 15) is 14.3 Å². The Labute approximate surface area is 120 Å². The van der Waals surface area contributed by atoms with E-state index in [0.717, 1.165) is 30.7 Å². The van der Waals surface area contributed by atoms with Gasteiger partial charge in [0.15, 0.2) is 11.6 Å². The van der Waals surface area contributed by atoms with Crippen LogP contribution in [0.2, 0.25) is 0 Å². The van der Waals surface area contributed by atoms with Crippen molar-refractivity contribution in [1.29, 1.82) is 0 Å². The number of para-hydroxylation sites is 1. The van der Waals surface area contributed by atoms with Gasteiger partial charge >= 0.3 is 0 Å². The summed E-state index contributed by atoms with van der Waals surface area (Å²) in [5.41, 5.74) is -0.0522. The summed E-state index contributed by atoms with van der Waals surface area (Å²) in [5.74, 6) is 0.113. The maximum Gasteiger partial charge on any atom is 0.255 e. The molecule has 0 saturated heterocycles. The molecule has 0 saturated carbocycles. The molecular formula is C14H15FN4O2. The van der Waals surface area contributed by atoms with Crippen molar-refractivity contribution >= 4 is 5.91 Å². The summed E-state index contributed by atoms with van der Waals surface area (Å²) in [6.07, 6.45) is 0.746. The molecule has 1 atom stereocenters. The van der Waals surface area contributed by atoms with Gasteiger partial charge in [-0.15, -0.1) is 10.2 Å². The monoisotopic (exact) mass is 290 g/mol. The van der Waals surface area contributed by atoms with E-state index in [1.54, 1.807) is 0 Å². The SMILES string of the molecule is Cc1nnc2n1CC(CNC(=O)c1cccc(F)c1O)C2. The van der Waals surface area contributed by atoms with Crippen molar-refractivity contribution in [3.63, 3.8) is 0 Å². The van der Waals surface area contributed by atoms with Gasteiger partial charge in [0.25, 0.3) is 5.91 Å². The second kappa shape index (κ2) is 5.16. The first-order valence-corrected chi connectivity index (χ1v) is 6.70. The molecule has 1 aliphatic heterocycles. The Morgan fingerprint density at radius 3 is 3.10 bits per heavy atom. The fourth-order valence-corrected chi connectivity index (χ4v) is 2.56. The molecule has 0 fully saturated rings. The number of rotatable bonds is 3. The average molecular weight is 290 g/mol. The largest absolute Gasteiger partial charge is 0.504 e. The Morgan fingerprint density at radius 2 is 2.33 bits per heavy atom. The van der Waals surface area contributed by atoms with E-state index in [1.165, 1.54) is 12.1 Å². The molecule has 0 radical (unpaired) electrons. The van der Waals surface area contributed by atoms with Crippen molar-refractivity contribution < 1.29 is 14.3 Å². The highest BCUT2D eigenvalue weighted by molar-refractivity contribution is 5.96. The molecule has 0 aliphatic carbocycles. The molecule has 2 heterocycles. The summed E-state index contributed by atoms with van der Waals surface area (Å²) in [4.78, 5) is 12.0. The number of phenolic OH excluding ortho intramolecular Hbond substituents is 1. The number of hydrogen-bond donors (Lipinski definition) is 2. The number of benzene rings is 1. The number of aromatic hydroxyl groups is 1. The molecule has 3 rings (SSSR count). The number of aryl methyl sites for hydroxylation is 1. The van der Waals surface area contributed by atoms with E-state index >= 15 is 0 Å². The van der Waals surface area contributed by atoms with Gasteiger partial charge in [-0.05, 0) is 19.1 Å². The quantitative estimate of drug-likeness (QED) is 0.885. The lowest BCUT2D eigenvalue weighted by molar-refractivity contribution is 0.0943. The van der Waals surface area contributed by atoms with Gasteiger partial charge in [0.1, 0.15) is 11.6 Å². The highest BCUT2D eigenvalue weighted by atomic mass is 19.1. The third-order valence-electron chi connectivity index (χ3n) is 3.71. The van der Waals surface area contributed by atoms with E-state index in [4.69, 9.17) is 0 Å². The zero-order valence-electron chi connectivity index (χ0n) is 11.5. The number of nitrogens with zero attached hydrogens (tertiary/aromatic N) is 3. The molecule has 110 valence electrons. The number of nitrogens with one attached hydrogen (secondary N) is 1. The smallest absolute Gasteiger partial charge is 0.255 e. The second-order valence-corrected chi connectivity index (χ2v) is 5.19. The zero-order valence-corrected chi connectivity index (χ0v) is 11.5. The fourth-order valence-electron chi connectivity index (χ4n) is 2.56. The lowest BCUT2D eigenvalue weighted by Crippen LogP contribution is -2.30. The van der Waals surface area contributed by atoms with Crippen LogP contribution in [0.4, 0.5) is 4.39 Å². The molecule has 1 aromatic heterocycles. The standard InChI is InChI=1S/C14H15FN4O2/c1-8-17-18-12-5-9(7-19(8)12)6-16-14(21)10-3-2-4-11(15)13(10)20/h2-4,9,20H,5-7H2,1H3,(H,16,21). The Morgan fingerprint density at radius 1 is 1.52 bits per heavy atom. The molecule has 1 unspecified atom stereocenters. The molecule has 0 bridgehead atoms. The van der Waals surface area contributed by atoms with Gasteiger partial charge in [-0.1, -0.05) is 6.07 Å². The van der Waals surface area contributed by atoms with Gasteiger partial charge in [-0.3, -0.25) is 4.79 Å². The van der Waals surface area contributed by atoms with Gasteiger partial charge in [-0.25, -0.2) is 4.39 Å². The molecule has 6 nitrogen and oxygen atoms in total. The summed E-state index contributed by atoms with van der Waals surface area (Å²) in [6, 6.07) is 3.89. The molecule has 1 aromatic carbocycles. The van der Waals surface area contributed by atoms with Crippen LogP contribution in [0.5, 0.6) is 5.75 Å². The number of aromatic nitrogens is 3. The van der Waals surface area contributed by atoms with E-state index in [0.29, 0.717) is 6.54 Å². The summed E-state index contributed by atoms with van der Waals surface area (Å²) in [6.45, 7) is 3.09. The van der Waals surface area contributed by atoms with Gasteiger partial charge < -0.3 is 15.0 Å². The number of fused-ring (bicyclic) bond motifs is 1. The average Bonchev–Trinajstić information content (AvgIpc) is 3.01. The zero-order chi connectivity index (χ0) is 15.0. The molecule has 1 aliphatic rings. The predicted molar refractivity (Wildman–Crippen MR) is 72.4 cm³/mol. The number of carbonyl (C=O) groups excluding carboxylic acids is 1. The lowest BCUT2D eigenvalue weighted by atomic mass is 10.1. The minimum absolute atomic E-state index is 0.0522. The Bertz CT molecular complexity index is 698. The first-order chi connectivity index (χ1) is 10.1. The summed E-state index contributed by atoms with van der Waals surface area (Å²) < 4.78 is 15.2. The maximum absolute atomic E-state index is 13.2. The fraction of sp³-hybridized carbons (Fsp3) is 0.357. The van der Waals surface area contributed by atoms with E-state index in [-0.39, 0.29) is 11.5 Å². The summed E-state index contributed by atoms with van der Waals surface area (Å²) >= 11 is 0. The molecule has 2 N–H and O–H groups in total. The number of halogens is 1. The van der Waals surface area contributed by atoms with Crippen LogP contribution in [0.15, 0.2) is 18.2 Å². The van der Waals surface area contributed by atoms with Crippen molar-refractivity contribution in [3.8, 4) is 5.75 Å². The highest BCUT2D eigenvalue weighted by Gasteiger charge is 2.25. The minimum atomic E-state index is -0.801. The van der Waals surface area contributed by atoms with Gasteiger partial charge in [-0.2, -0.15) is 0 Å². The molecular weight excluding hydrogens is 275 g/mol. The molecule has 0 spiro atoms. The number of phenols is 1. The first kappa shape index (κ1) is 13.5. The van der Waals surface area contributed by atoms with Gasteiger partial charge in [0, 0.05) is 25.4 Å². The molecule has 2 aromatic rings. The number of carbonyl (C=O) groups is 1. The van der Waals surface area contributed by atoms with Crippen molar-refractivity contribution in [2.75, 3.05) is 6.54 Å². The summed E-state index contributed by atoms with van der Waals surface area (Å²) in [7, 11) is 0. The van der Waals surface area contributed by atoms with Crippen molar-refractivity contribution in [3.05, 3.63) is 41.2 Å². The van der Waals surface area contributed by atoms with Crippen LogP contribution < -0.4 is 5.32 Å². The highest BCUT2D eigenvalue weighted by Crippen LogP contribution is 2.22. The third kappa shape index (κ3) is 2.46. The van der Waals surface area contributed by atoms with Crippen LogP contribution >= 0.6 is 0 Å². The van der Waals surface area contributed by atoms with Gasteiger partial charge in [0.2, 0.25) is 0 Å². The summed E-state index contributed by atoms with van der Waals surface area (Å²) in [5, 5.41) is 20.3. The van der Waals surface area contributed by atoms with Crippen molar-refractivity contribution in [1.82, 2.24) is 20.1 Å². The Hall–Kier alpha value is -2.44. The van der Waals surface area contributed by atoms with E-state index in [2.05, 4.69) is 15.5 Å². The van der Waals surface area contributed by atoms with Crippen LogP contribution in [0, 0.1) is 18.7 Å². The molecule has 21 heavy (non-hydrogen) atoms. The Balaban J connectivity index is 1.61. The van der Waals surface area contributed by atoms with Crippen LogP contribution in [0.25, 0.3) is 0 Å². The van der Waals surface area contributed by atoms with Crippen molar-refractivity contribution in [2.45, 2.75) is 19.9 Å². The number of amides is 1. The lowest BCUT2D eigenvalue weighted by Gasteiger charge is -2.11. The molecule has 1 amide bonds. The molecule has 7 heteroatoms. The minimum Gasteiger partial charge on any atom is -0.504 e. The maximum atomic E-state index is 13.2. The predicted octanol–water partition coefficient (Wildman–Crippen LogP) is 1.03. The third-order valence-corrected chi connectivity index (χ3v) is 3.71. The van der Waals surface area contributed by atoms with Crippen LogP contribution in [-0.4, -0.2) is 32.3 Å². The topological polar surface area (TPSA) is 80.0 Å². The normalized spacial score (nSPS) is 16.8. The van der Waals surface area contributed by atoms with E-state index in [1.807, 2.05) is 11.5 Å². The van der Waals surface area contributed by atoms with Gasteiger partial charge in [0.05, 0.1) is 5.56 Å². The van der Waals surface area contributed by atoms with Crippen LogP contribution in [-0.2, 0) is 13.0 Å². The number of hydrogen-bond acceptors (Lipinski definition) is 4.